The number of aromatic nitrogens is 1. The largest absolute Gasteiger partial charge is 0.308 e. The normalized spacial score (nSPS) is 13.1. The summed E-state index contributed by atoms with van der Waals surface area (Å²) in [5, 5.41) is 12.5. The van der Waals surface area contributed by atoms with E-state index in [4.69, 9.17) is 0 Å². The third-order valence-corrected chi connectivity index (χ3v) is 9.38. The summed E-state index contributed by atoms with van der Waals surface area (Å²) in [5.41, 5.74) is 6.87. The maximum absolute atomic E-state index is 2.54. The van der Waals surface area contributed by atoms with Crippen molar-refractivity contribution in [2.75, 3.05) is 0 Å². The standard InChI is InChI=1S/C33H31NSi/c1-18(2)20-6-8-22-14-31-27(12-24(22)10-20)29-16-26(35-5)17-30-28-13-25-11-21(19(3)4)7-9-23(25)15-32(28)34(31)33(29)30/h6-19H,35H2,1-5H3. The zero-order valence-electron chi connectivity index (χ0n) is 21.2. The van der Waals surface area contributed by atoms with Gasteiger partial charge in [0.1, 0.15) is 0 Å². The summed E-state index contributed by atoms with van der Waals surface area (Å²) in [6.45, 7) is 11.5. The lowest BCUT2D eigenvalue weighted by molar-refractivity contribution is 0.869. The molecule has 2 heteroatoms. The molecule has 7 rings (SSSR count). The van der Waals surface area contributed by atoms with Gasteiger partial charge in [0.2, 0.25) is 0 Å². The third-order valence-electron chi connectivity index (χ3n) is 8.15. The van der Waals surface area contributed by atoms with Crippen LogP contribution in [0.5, 0.6) is 0 Å². The average molecular weight is 470 g/mol. The van der Waals surface area contributed by atoms with Crippen molar-refractivity contribution >= 4 is 74.3 Å². The van der Waals surface area contributed by atoms with Gasteiger partial charge in [0.25, 0.3) is 0 Å². The molecule has 0 radical (unpaired) electrons. The number of hydrogen-bond acceptors (Lipinski definition) is 0. The highest BCUT2D eigenvalue weighted by molar-refractivity contribution is 6.53. The summed E-state index contributed by atoms with van der Waals surface area (Å²) in [7, 11) is -0.275. The molecule has 5 aromatic carbocycles. The van der Waals surface area contributed by atoms with E-state index in [1.54, 1.807) is 5.19 Å². The van der Waals surface area contributed by atoms with E-state index in [0.717, 1.165) is 0 Å². The van der Waals surface area contributed by atoms with Crippen molar-refractivity contribution in [3.8, 4) is 0 Å². The monoisotopic (exact) mass is 469 g/mol. The maximum Gasteiger partial charge on any atom is 0.0620 e. The molecular formula is C33H31NSi. The molecule has 0 spiro atoms. The quantitative estimate of drug-likeness (QED) is 0.230. The topological polar surface area (TPSA) is 4.41 Å². The molecule has 0 aliphatic rings. The van der Waals surface area contributed by atoms with E-state index in [9.17, 15) is 0 Å². The Morgan fingerprint density at radius 3 is 1.46 bits per heavy atom. The highest BCUT2D eigenvalue weighted by Gasteiger charge is 2.19. The van der Waals surface area contributed by atoms with Crippen molar-refractivity contribution < 1.29 is 0 Å². The second-order valence-corrected chi connectivity index (χ2v) is 12.5. The second kappa shape index (κ2) is 7.32. The minimum Gasteiger partial charge on any atom is -0.308 e. The number of nitrogens with zero attached hydrogens (tertiary/aromatic N) is 1. The van der Waals surface area contributed by atoms with Crippen molar-refractivity contribution in [2.24, 2.45) is 0 Å². The molecule has 172 valence electrons. The Hall–Kier alpha value is -3.36. The minimum absolute atomic E-state index is 0.275. The van der Waals surface area contributed by atoms with E-state index in [1.807, 2.05) is 0 Å². The molecule has 0 aliphatic carbocycles. The van der Waals surface area contributed by atoms with Crippen molar-refractivity contribution in [2.45, 2.75) is 46.1 Å². The fourth-order valence-corrected chi connectivity index (χ4v) is 6.87. The van der Waals surface area contributed by atoms with Crippen molar-refractivity contribution in [3.05, 3.63) is 83.9 Å². The third kappa shape index (κ3) is 2.93. The van der Waals surface area contributed by atoms with Crippen LogP contribution in [0.3, 0.4) is 0 Å². The van der Waals surface area contributed by atoms with Gasteiger partial charge in [-0.15, -0.1) is 0 Å². The van der Waals surface area contributed by atoms with Crippen LogP contribution >= 0.6 is 0 Å². The van der Waals surface area contributed by atoms with Crippen LogP contribution in [0, 0.1) is 0 Å². The SMILES string of the molecule is C[SiH2]c1cc2c3cc4cc(C(C)C)ccc4cc3n3c4cc5ccc(C(C)C)cc5cc4c(c1)c23. The van der Waals surface area contributed by atoms with Gasteiger partial charge >= 0.3 is 0 Å². The maximum atomic E-state index is 2.54. The molecule has 0 unspecified atom stereocenters. The van der Waals surface area contributed by atoms with Crippen LogP contribution in [0.1, 0.15) is 50.7 Å². The van der Waals surface area contributed by atoms with Gasteiger partial charge in [0.05, 0.1) is 26.1 Å². The lowest BCUT2D eigenvalue weighted by atomic mass is 9.97. The summed E-state index contributed by atoms with van der Waals surface area (Å²) in [6.07, 6.45) is 0. The number of benzene rings is 5. The zero-order valence-corrected chi connectivity index (χ0v) is 22.7. The molecule has 7 aromatic rings. The van der Waals surface area contributed by atoms with Gasteiger partial charge in [-0.1, -0.05) is 88.0 Å². The van der Waals surface area contributed by atoms with Crippen LogP contribution in [0.4, 0.5) is 0 Å². The van der Waals surface area contributed by atoms with Crippen LogP contribution in [0.25, 0.3) is 59.6 Å². The molecule has 0 amide bonds. The zero-order chi connectivity index (χ0) is 24.0. The summed E-state index contributed by atoms with van der Waals surface area (Å²) >= 11 is 0. The molecule has 0 N–H and O–H groups in total. The van der Waals surface area contributed by atoms with Crippen LogP contribution in [-0.2, 0) is 0 Å². The smallest absolute Gasteiger partial charge is 0.0620 e. The second-order valence-electron chi connectivity index (χ2n) is 11.0. The molecule has 2 aromatic heterocycles. The number of fused-ring (bicyclic) bond motifs is 8. The summed E-state index contributed by atoms with van der Waals surface area (Å²) in [5.74, 6) is 1.08. The highest BCUT2D eigenvalue weighted by atomic mass is 28.2. The van der Waals surface area contributed by atoms with Crippen LogP contribution < -0.4 is 5.19 Å². The van der Waals surface area contributed by atoms with Gasteiger partial charge in [0, 0.05) is 21.5 Å². The molecule has 0 aliphatic heterocycles. The number of rotatable bonds is 3. The van der Waals surface area contributed by atoms with E-state index >= 15 is 0 Å². The average Bonchev–Trinajstić information content (AvgIpc) is 3.35. The summed E-state index contributed by atoms with van der Waals surface area (Å²) in [4.78, 5) is 0. The summed E-state index contributed by atoms with van der Waals surface area (Å²) < 4.78 is 2.54. The van der Waals surface area contributed by atoms with E-state index in [2.05, 4.69) is 111 Å². The first-order chi connectivity index (χ1) is 16.9. The lowest BCUT2D eigenvalue weighted by Crippen LogP contribution is -2.09. The fraction of sp³-hybridized carbons (Fsp3) is 0.212. The Balaban J connectivity index is 1.66. The predicted octanol–water partition coefficient (Wildman–Crippen LogP) is 8.23. The lowest BCUT2D eigenvalue weighted by Gasteiger charge is -2.09. The Bertz CT molecular complexity index is 1800. The fourth-order valence-electron chi connectivity index (χ4n) is 6.05. The van der Waals surface area contributed by atoms with E-state index in [0.29, 0.717) is 11.8 Å². The van der Waals surface area contributed by atoms with Gasteiger partial charge < -0.3 is 4.40 Å². The predicted molar refractivity (Wildman–Crippen MR) is 158 cm³/mol. The minimum atomic E-state index is -0.275. The van der Waals surface area contributed by atoms with Crippen molar-refractivity contribution in [1.82, 2.24) is 4.40 Å². The molecule has 0 saturated carbocycles. The molecule has 35 heavy (non-hydrogen) atoms. The molecule has 0 fully saturated rings. The Morgan fingerprint density at radius 2 is 1.03 bits per heavy atom. The van der Waals surface area contributed by atoms with Crippen LogP contribution in [0.2, 0.25) is 6.55 Å². The molecule has 1 nitrogen and oxygen atoms in total. The van der Waals surface area contributed by atoms with Gasteiger partial charge in [-0.2, -0.15) is 0 Å². The molecule has 0 bridgehead atoms. The Morgan fingerprint density at radius 1 is 0.543 bits per heavy atom. The van der Waals surface area contributed by atoms with Gasteiger partial charge in [-0.3, -0.25) is 0 Å². The highest BCUT2D eigenvalue weighted by Crippen LogP contribution is 2.41. The Labute approximate surface area is 208 Å². The van der Waals surface area contributed by atoms with Crippen LogP contribution in [-0.4, -0.2) is 13.9 Å². The van der Waals surface area contributed by atoms with E-state index < -0.39 is 0 Å². The van der Waals surface area contributed by atoms with Gasteiger partial charge in [-0.05, 0) is 68.8 Å². The van der Waals surface area contributed by atoms with E-state index in [1.165, 1.54) is 70.8 Å². The Kier molecular flexibility index (Phi) is 4.38. The van der Waals surface area contributed by atoms with Gasteiger partial charge in [0.15, 0.2) is 0 Å². The van der Waals surface area contributed by atoms with Gasteiger partial charge in [-0.25, -0.2) is 0 Å². The molecular weight excluding hydrogens is 438 g/mol. The summed E-state index contributed by atoms with van der Waals surface area (Å²) in [6, 6.07) is 28.7. The first-order valence-corrected chi connectivity index (χ1v) is 15.2. The number of hydrogen-bond donors (Lipinski definition) is 0. The molecule has 0 atom stereocenters. The first kappa shape index (κ1) is 21.0. The van der Waals surface area contributed by atoms with E-state index in [-0.39, 0.29) is 9.52 Å². The van der Waals surface area contributed by atoms with Crippen molar-refractivity contribution in [3.63, 3.8) is 0 Å². The van der Waals surface area contributed by atoms with Crippen molar-refractivity contribution in [1.29, 1.82) is 0 Å². The molecule has 2 heterocycles. The van der Waals surface area contributed by atoms with Crippen LogP contribution in [0.15, 0.2) is 72.8 Å². The first-order valence-electron chi connectivity index (χ1n) is 13.1. The molecule has 0 saturated heterocycles.